The summed E-state index contributed by atoms with van der Waals surface area (Å²) in [5.74, 6) is 0.315. The van der Waals surface area contributed by atoms with Crippen LogP contribution in [0, 0.1) is 5.82 Å². The molecular formula is C22H25FN4OS. The second-order valence-electron chi connectivity index (χ2n) is 7.07. The summed E-state index contributed by atoms with van der Waals surface area (Å²) >= 11 is 1.36. The zero-order valence-electron chi connectivity index (χ0n) is 16.8. The topological polar surface area (TPSA) is 59.8 Å². The minimum atomic E-state index is -0.307. The Morgan fingerprint density at radius 3 is 2.48 bits per heavy atom. The van der Waals surface area contributed by atoms with Crippen molar-refractivity contribution in [3.8, 4) is 11.4 Å². The second kappa shape index (κ2) is 9.69. The lowest BCUT2D eigenvalue weighted by atomic mass is 10.1. The summed E-state index contributed by atoms with van der Waals surface area (Å²) in [7, 11) is 1.84. The molecule has 0 aliphatic heterocycles. The average molecular weight is 413 g/mol. The quantitative estimate of drug-likeness (QED) is 0.562. The van der Waals surface area contributed by atoms with Crippen molar-refractivity contribution in [1.29, 1.82) is 0 Å². The lowest BCUT2D eigenvalue weighted by molar-refractivity contribution is -0.120. The van der Waals surface area contributed by atoms with Gasteiger partial charge in [0, 0.05) is 18.7 Å². The van der Waals surface area contributed by atoms with E-state index in [0.717, 1.165) is 18.4 Å². The van der Waals surface area contributed by atoms with Crippen LogP contribution in [0.4, 0.5) is 4.39 Å². The van der Waals surface area contributed by atoms with E-state index < -0.39 is 0 Å². The Kier molecular flexibility index (Phi) is 7.04. The minimum absolute atomic E-state index is 0.0260. The Balaban J connectivity index is 1.55. The highest BCUT2D eigenvalue weighted by atomic mass is 32.2. The number of nitrogens with zero attached hydrogens (tertiary/aromatic N) is 3. The molecule has 0 saturated carbocycles. The van der Waals surface area contributed by atoms with Gasteiger partial charge < -0.3 is 9.88 Å². The number of amides is 1. The van der Waals surface area contributed by atoms with Gasteiger partial charge in [0.1, 0.15) is 5.82 Å². The van der Waals surface area contributed by atoms with E-state index in [-0.39, 0.29) is 23.0 Å². The molecule has 3 aromatic rings. The maximum Gasteiger partial charge on any atom is 0.233 e. The van der Waals surface area contributed by atoms with E-state index in [2.05, 4.69) is 27.6 Å². The Hall–Kier alpha value is -2.67. The van der Waals surface area contributed by atoms with Gasteiger partial charge in [-0.25, -0.2) is 4.39 Å². The number of aromatic nitrogens is 3. The second-order valence-corrected chi connectivity index (χ2v) is 8.37. The molecular weight excluding hydrogens is 387 g/mol. The van der Waals surface area contributed by atoms with Crippen LogP contribution < -0.4 is 5.32 Å². The molecule has 3 rings (SSSR count). The summed E-state index contributed by atoms with van der Waals surface area (Å²) in [6, 6.07) is 16.4. The van der Waals surface area contributed by atoms with Crippen LogP contribution in [0.25, 0.3) is 11.4 Å². The van der Waals surface area contributed by atoms with Gasteiger partial charge in [0.15, 0.2) is 11.0 Å². The van der Waals surface area contributed by atoms with E-state index in [9.17, 15) is 9.18 Å². The highest BCUT2D eigenvalue weighted by Gasteiger charge is 2.20. The molecule has 1 aromatic heterocycles. The van der Waals surface area contributed by atoms with Crippen LogP contribution in [-0.2, 0) is 18.3 Å². The van der Waals surface area contributed by atoms with Gasteiger partial charge >= 0.3 is 0 Å². The first-order valence-electron chi connectivity index (χ1n) is 9.60. The molecule has 0 bridgehead atoms. The van der Waals surface area contributed by atoms with Crippen LogP contribution in [0.3, 0.4) is 0 Å². The van der Waals surface area contributed by atoms with Crippen molar-refractivity contribution in [3.05, 3.63) is 66.0 Å². The van der Waals surface area contributed by atoms with Gasteiger partial charge in [0.05, 0.1) is 5.25 Å². The van der Waals surface area contributed by atoms with Crippen LogP contribution in [0.15, 0.2) is 59.8 Å². The van der Waals surface area contributed by atoms with Crippen molar-refractivity contribution < 1.29 is 9.18 Å². The minimum Gasteiger partial charge on any atom is -0.353 e. The molecule has 29 heavy (non-hydrogen) atoms. The van der Waals surface area contributed by atoms with Crippen molar-refractivity contribution in [2.75, 3.05) is 0 Å². The number of carbonyl (C=O) groups excluding carboxylic acids is 1. The number of halogens is 1. The number of hydrogen-bond acceptors (Lipinski definition) is 4. The lowest BCUT2D eigenvalue weighted by Gasteiger charge is -2.17. The van der Waals surface area contributed by atoms with Crippen molar-refractivity contribution >= 4 is 17.7 Å². The van der Waals surface area contributed by atoms with Gasteiger partial charge in [-0.05, 0) is 56.5 Å². The maximum atomic E-state index is 13.1. The number of rotatable bonds is 8. The van der Waals surface area contributed by atoms with Crippen molar-refractivity contribution in [2.24, 2.45) is 7.05 Å². The molecule has 0 aliphatic rings. The molecule has 2 atom stereocenters. The van der Waals surface area contributed by atoms with Crippen molar-refractivity contribution in [2.45, 2.75) is 43.1 Å². The number of benzene rings is 2. The lowest BCUT2D eigenvalue weighted by Crippen LogP contribution is -2.38. The van der Waals surface area contributed by atoms with Gasteiger partial charge in [-0.1, -0.05) is 42.1 Å². The first-order valence-corrected chi connectivity index (χ1v) is 10.5. The van der Waals surface area contributed by atoms with Gasteiger partial charge in [-0.15, -0.1) is 10.2 Å². The predicted octanol–water partition coefficient (Wildman–Crippen LogP) is 4.24. The fourth-order valence-electron chi connectivity index (χ4n) is 2.94. The average Bonchev–Trinajstić information content (AvgIpc) is 3.08. The Bertz CT molecular complexity index is 943. The monoisotopic (exact) mass is 412 g/mol. The maximum absolute atomic E-state index is 13.1. The molecule has 0 fully saturated rings. The molecule has 2 unspecified atom stereocenters. The van der Waals surface area contributed by atoms with E-state index in [1.807, 2.05) is 43.7 Å². The third kappa shape index (κ3) is 5.67. The zero-order valence-corrected chi connectivity index (χ0v) is 17.6. The molecule has 0 saturated heterocycles. The van der Waals surface area contributed by atoms with Gasteiger partial charge in [-0.2, -0.15) is 0 Å². The first kappa shape index (κ1) is 21.0. The SMILES string of the molecule is CC(CCc1ccccc1)NC(=O)C(C)Sc1nnc(-c2ccc(F)cc2)n1C. The Labute approximate surface area is 174 Å². The summed E-state index contributed by atoms with van der Waals surface area (Å²) in [6.07, 6.45) is 1.81. The summed E-state index contributed by atoms with van der Waals surface area (Å²) in [4.78, 5) is 12.6. The summed E-state index contributed by atoms with van der Waals surface area (Å²) in [5, 5.41) is 11.8. The first-order chi connectivity index (χ1) is 13.9. The summed E-state index contributed by atoms with van der Waals surface area (Å²) in [5.41, 5.74) is 2.04. The zero-order chi connectivity index (χ0) is 20.8. The fraction of sp³-hybridized carbons (Fsp3) is 0.318. The van der Waals surface area contributed by atoms with Crippen LogP contribution in [0.1, 0.15) is 25.8 Å². The van der Waals surface area contributed by atoms with Crippen molar-refractivity contribution in [3.63, 3.8) is 0 Å². The number of nitrogens with one attached hydrogen (secondary N) is 1. The highest BCUT2D eigenvalue weighted by Crippen LogP contribution is 2.26. The van der Waals surface area contributed by atoms with Gasteiger partial charge in [-0.3, -0.25) is 4.79 Å². The number of thioether (sulfide) groups is 1. The fourth-order valence-corrected chi connectivity index (χ4v) is 3.76. The molecule has 1 heterocycles. The molecule has 0 aliphatic carbocycles. The smallest absolute Gasteiger partial charge is 0.233 e. The number of aryl methyl sites for hydroxylation is 1. The summed E-state index contributed by atoms with van der Waals surface area (Å²) in [6.45, 7) is 3.88. The van der Waals surface area contributed by atoms with Crippen LogP contribution >= 0.6 is 11.8 Å². The third-order valence-corrected chi connectivity index (χ3v) is 5.82. The highest BCUT2D eigenvalue weighted by molar-refractivity contribution is 8.00. The molecule has 152 valence electrons. The van der Waals surface area contributed by atoms with Crippen molar-refractivity contribution in [1.82, 2.24) is 20.1 Å². The van der Waals surface area contributed by atoms with E-state index in [1.54, 1.807) is 12.1 Å². The number of hydrogen-bond donors (Lipinski definition) is 1. The van der Waals surface area contributed by atoms with Gasteiger partial charge in [0.25, 0.3) is 0 Å². The van der Waals surface area contributed by atoms with Gasteiger partial charge in [0.2, 0.25) is 5.91 Å². The Morgan fingerprint density at radius 2 is 1.79 bits per heavy atom. The molecule has 7 heteroatoms. The van der Waals surface area contributed by atoms with Crippen LogP contribution in [-0.4, -0.2) is 32.0 Å². The van der Waals surface area contributed by atoms with Crippen LogP contribution in [0.5, 0.6) is 0 Å². The Morgan fingerprint density at radius 1 is 1.10 bits per heavy atom. The molecule has 5 nitrogen and oxygen atoms in total. The number of carbonyl (C=O) groups is 1. The predicted molar refractivity (Wildman–Crippen MR) is 114 cm³/mol. The molecule has 1 amide bonds. The summed E-state index contributed by atoms with van der Waals surface area (Å²) < 4.78 is 15.0. The molecule has 0 spiro atoms. The van der Waals surface area contributed by atoms with Crippen LogP contribution in [0.2, 0.25) is 0 Å². The molecule has 2 aromatic carbocycles. The third-order valence-electron chi connectivity index (χ3n) is 4.69. The molecule has 0 radical (unpaired) electrons. The van der Waals surface area contributed by atoms with E-state index in [1.165, 1.54) is 29.5 Å². The largest absolute Gasteiger partial charge is 0.353 e. The van der Waals surface area contributed by atoms with E-state index in [4.69, 9.17) is 0 Å². The normalized spacial score (nSPS) is 13.1. The van der Waals surface area contributed by atoms with E-state index in [0.29, 0.717) is 11.0 Å². The molecule has 1 N–H and O–H groups in total. The van der Waals surface area contributed by atoms with E-state index >= 15 is 0 Å². The standard InChI is InChI=1S/C22H25FN4OS/c1-15(9-10-17-7-5-4-6-8-17)24-21(28)16(2)29-22-26-25-20(27(22)3)18-11-13-19(23)14-12-18/h4-8,11-16H,9-10H2,1-3H3,(H,24,28).